The Morgan fingerprint density at radius 1 is 1.56 bits per heavy atom. The standard InChI is InChI=1S/C8H9BrN6O/c1-2-3-6-12-7(9)13-15(6)8(16)14-5-10-4-11-14/h4-5H,2-3H2,1H3. The maximum Gasteiger partial charge on any atom is 0.372 e. The summed E-state index contributed by atoms with van der Waals surface area (Å²) in [6.07, 6.45) is 4.19. The van der Waals surface area contributed by atoms with Crippen LogP contribution < -0.4 is 0 Å². The molecule has 0 saturated heterocycles. The van der Waals surface area contributed by atoms with Crippen LogP contribution in [0.4, 0.5) is 4.79 Å². The van der Waals surface area contributed by atoms with E-state index in [0.29, 0.717) is 17.0 Å². The number of carbonyl (C=O) groups is 1. The van der Waals surface area contributed by atoms with Crippen molar-refractivity contribution in [2.24, 2.45) is 0 Å². The zero-order valence-corrected chi connectivity index (χ0v) is 10.1. The fraction of sp³-hybridized carbons (Fsp3) is 0.375. The zero-order valence-electron chi connectivity index (χ0n) is 8.54. The molecule has 2 aromatic rings. The molecule has 0 aliphatic heterocycles. The van der Waals surface area contributed by atoms with Gasteiger partial charge in [0.05, 0.1) is 0 Å². The van der Waals surface area contributed by atoms with Crippen molar-refractivity contribution in [2.75, 3.05) is 0 Å². The Hall–Kier alpha value is -1.57. The molecule has 84 valence electrons. The second-order valence-electron chi connectivity index (χ2n) is 3.08. The van der Waals surface area contributed by atoms with Crippen molar-refractivity contribution in [2.45, 2.75) is 19.8 Å². The van der Waals surface area contributed by atoms with E-state index in [4.69, 9.17) is 0 Å². The number of nitrogens with zero attached hydrogens (tertiary/aromatic N) is 6. The van der Waals surface area contributed by atoms with Gasteiger partial charge >= 0.3 is 6.03 Å². The van der Waals surface area contributed by atoms with Crippen molar-refractivity contribution in [3.05, 3.63) is 23.2 Å². The largest absolute Gasteiger partial charge is 0.372 e. The minimum Gasteiger partial charge on any atom is -0.243 e. The van der Waals surface area contributed by atoms with Gasteiger partial charge in [0.25, 0.3) is 0 Å². The van der Waals surface area contributed by atoms with Crippen LogP contribution in [0.25, 0.3) is 0 Å². The average molecular weight is 285 g/mol. The highest BCUT2D eigenvalue weighted by atomic mass is 79.9. The average Bonchev–Trinajstić information content (AvgIpc) is 2.87. The molecular weight excluding hydrogens is 276 g/mol. The van der Waals surface area contributed by atoms with E-state index >= 15 is 0 Å². The van der Waals surface area contributed by atoms with Gasteiger partial charge in [-0.1, -0.05) is 6.92 Å². The van der Waals surface area contributed by atoms with Crippen LogP contribution in [-0.4, -0.2) is 35.6 Å². The summed E-state index contributed by atoms with van der Waals surface area (Å²) < 4.78 is 2.73. The van der Waals surface area contributed by atoms with Crippen LogP contribution in [-0.2, 0) is 6.42 Å². The number of halogens is 1. The highest BCUT2D eigenvalue weighted by Gasteiger charge is 2.16. The van der Waals surface area contributed by atoms with Crippen molar-refractivity contribution < 1.29 is 4.79 Å². The number of carbonyl (C=O) groups excluding carboxylic acids is 1. The number of aryl methyl sites for hydroxylation is 1. The first kappa shape index (κ1) is 10.9. The molecule has 8 heteroatoms. The van der Waals surface area contributed by atoms with Crippen LogP contribution in [0, 0.1) is 0 Å². The van der Waals surface area contributed by atoms with Crippen LogP contribution in [0.2, 0.25) is 0 Å². The highest BCUT2D eigenvalue weighted by Crippen LogP contribution is 2.07. The third kappa shape index (κ3) is 2.01. The number of hydrogen-bond donors (Lipinski definition) is 0. The van der Waals surface area contributed by atoms with Gasteiger partial charge in [0, 0.05) is 6.42 Å². The number of aromatic nitrogens is 6. The lowest BCUT2D eigenvalue weighted by Gasteiger charge is -2.01. The maximum atomic E-state index is 11.9. The molecule has 0 saturated carbocycles. The van der Waals surface area contributed by atoms with Gasteiger partial charge in [-0.05, 0) is 22.4 Å². The quantitative estimate of drug-likeness (QED) is 0.825. The molecule has 0 fully saturated rings. The van der Waals surface area contributed by atoms with Gasteiger partial charge in [0.2, 0.25) is 4.73 Å². The number of rotatable bonds is 2. The van der Waals surface area contributed by atoms with Crippen LogP contribution in [0.5, 0.6) is 0 Å². The fourth-order valence-electron chi connectivity index (χ4n) is 1.26. The normalized spacial score (nSPS) is 10.6. The summed E-state index contributed by atoms with van der Waals surface area (Å²) in [4.78, 5) is 19.7. The monoisotopic (exact) mass is 284 g/mol. The first-order chi connectivity index (χ1) is 7.72. The molecule has 0 N–H and O–H groups in total. The molecule has 0 radical (unpaired) electrons. The Morgan fingerprint density at radius 3 is 3.00 bits per heavy atom. The van der Waals surface area contributed by atoms with E-state index in [1.165, 1.54) is 17.3 Å². The molecule has 0 spiro atoms. The van der Waals surface area contributed by atoms with Crippen LogP contribution in [0.15, 0.2) is 17.4 Å². The third-order valence-corrected chi connectivity index (χ3v) is 2.25. The van der Waals surface area contributed by atoms with Crippen molar-refractivity contribution >= 4 is 22.0 Å². The first-order valence-corrected chi connectivity index (χ1v) is 5.52. The summed E-state index contributed by atoms with van der Waals surface area (Å²) in [7, 11) is 0. The molecule has 0 aliphatic rings. The Bertz CT molecular complexity index is 491. The molecule has 0 aromatic carbocycles. The van der Waals surface area contributed by atoms with E-state index in [0.717, 1.165) is 11.1 Å². The topological polar surface area (TPSA) is 78.5 Å². The summed E-state index contributed by atoms with van der Waals surface area (Å²) in [5, 5.41) is 7.72. The van der Waals surface area contributed by atoms with Crippen molar-refractivity contribution in [1.29, 1.82) is 0 Å². The van der Waals surface area contributed by atoms with Gasteiger partial charge in [-0.15, -0.1) is 5.10 Å². The summed E-state index contributed by atoms with van der Waals surface area (Å²) in [6, 6.07) is -0.390. The van der Waals surface area contributed by atoms with Crippen LogP contribution in [0.3, 0.4) is 0 Å². The first-order valence-electron chi connectivity index (χ1n) is 4.73. The van der Waals surface area contributed by atoms with Gasteiger partial charge < -0.3 is 0 Å². The van der Waals surface area contributed by atoms with E-state index in [1.807, 2.05) is 6.92 Å². The zero-order chi connectivity index (χ0) is 11.5. The van der Waals surface area contributed by atoms with E-state index in [2.05, 4.69) is 36.1 Å². The third-order valence-electron chi connectivity index (χ3n) is 1.92. The Balaban J connectivity index is 2.36. The minimum absolute atomic E-state index is 0.390. The lowest BCUT2D eigenvalue weighted by Crippen LogP contribution is -2.23. The Morgan fingerprint density at radius 2 is 2.38 bits per heavy atom. The van der Waals surface area contributed by atoms with Gasteiger partial charge in [-0.3, -0.25) is 0 Å². The van der Waals surface area contributed by atoms with Crippen LogP contribution >= 0.6 is 15.9 Å². The van der Waals surface area contributed by atoms with Crippen LogP contribution in [0.1, 0.15) is 19.2 Å². The minimum atomic E-state index is -0.390. The van der Waals surface area contributed by atoms with E-state index in [-0.39, 0.29) is 6.03 Å². The van der Waals surface area contributed by atoms with Gasteiger partial charge in [-0.2, -0.15) is 14.5 Å². The Kier molecular flexibility index (Phi) is 3.09. The van der Waals surface area contributed by atoms with E-state index in [1.54, 1.807) is 0 Å². The molecule has 7 nitrogen and oxygen atoms in total. The number of hydrogen-bond acceptors (Lipinski definition) is 5. The fourth-order valence-corrected chi connectivity index (χ4v) is 1.62. The summed E-state index contributed by atoms with van der Waals surface area (Å²) >= 11 is 3.14. The summed E-state index contributed by atoms with van der Waals surface area (Å²) in [5.74, 6) is 0.606. The molecule has 0 atom stereocenters. The molecule has 0 amide bonds. The molecule has 16 heavy (non-hydrogen) atoms. The van der Waals surface area contributed by atoms with Crippen molar-refractivity contribution in [1.82, 2.24) is 29.5 Å². The van der Waals surface area contributed by atoms with E-state index < -0.39 is 0 Å². The summed E-state index contributed by atoms with van der Waals surface area (Å²) in [5.41, 5.74) is 0. The molecule has 2 heterocycles. The smallest absolute Gasteiger partial charge is 0.243 e. The van der Waals surface area contributed by atoms with Gasteiger partial charge in [0.1, 0.15) is 18.5 Å². The molecule has 2 rings (SSSR count). The van der Waals surface area contributed by atoms with Gasteiger partial charge in [-0.25, -0.2) is 14.8 Å². The molecule has 0 bridgehead atoms. The van der Waals surface area contributed by atoms with Gasteiger partial charge in [0.15, 0.2) is 0 Å². The SMILES string of the molecule is CCCc1nc(Br)nn1C(=O)n1cncn1. The second kappa shape index (κ2) is 4.52. The lowest BCUT2D eigenvalue weighted by molar-refractivity contribution is 0.237. The molecule has 2 aromatic heterocycles. The van der Waals surface area contributed by atoms with Crippen molar-refractivity contribution in [3.63, 3.8) is 0 Å². The van der Waals surface area contributed by atoms with Crippen molar-refractivity contribution in [3.8, 4) is 0 Å². The predicted molar refractivity (Wildman–Crippen MR) is 57.9 cm³/mol. The summed E-state index contributed by atoms with van der Waals surface area (Å²) in [6.45, 7) is 2.01. The Labute approximate surface area is 99.6 Å². The molecule has 0 aliphatic carbocycles. The van der Waals surface area contributed by atoms with E-state index in [9.17, 15) is 4.79 Å². The predicted octanol–water partition coefficient (Wildman–Crippen LogP) is 1.10. The molecular formula is C8H9BrN6O. The lowest BCUT2D eigenvalue weighted by atomic mass is 10.3. The second-order valence-corrected chi connectivity index (χ2v) is 3.79. The highest BCUT2D eigenvalue weighted by molar-refractivity contribution is 9.10. The maximum absolute atomic E-state index is 11.9. The molecule has 0 unspecified atom stereocenters.